The predicted molar refractivity (Wildman–Crippen MR) is 139 cm³/mol. The van der Waals surface area contributed by atoms with Crippen LogP contribution < -0.4 is 5.32 Å². The Balaban J connectivity index is 1.51. The number of rotatable bonds is 7. The number of ketones is 1. The third-order valence-corrected chi connectivity index (χ3v) is 6.66. The molecule has 0 amide bonds. The van der Waals surface area contributed by atoms with Crippen LogP contribution in [0.5, 0.6) is 0 Å². The monoisotopic (exact) mass is 522 g/mol. The highest BCUT2D eigenvalue weighted by Crippen LogP contribution is 2.28. The van der Waals surface area contributed by atoms with Gasteiger partial charge in [0.05, 0.1) is 41.3 Å². The Bertz CT molecular complexity index is 1400. The number of benzene rings is 1. The Morgan fingerprint density at radius 2 is 1.95 bits per heavy atom. The Morgan fingerprint density at radius 3 is 2.61 bits per heavy atom. The third kappa shape index (κ3) is 6.73. The first-order valence-corrected chi connectivity index (χ1v) is 12.5. The van der Waals surface area contributed by atoms with Gasteiger partial charge in [0.1, 0.15) is 6.54 Å². The van der Waals surface area contributed by atoms with Crippen LogP contribution in [0.25, 0.3) is 10.9 Å². The zero-order chi connectivity index (χ0) is 27.3. The topological polar surface area (TPSA) is 79.9 Å². The van der Waals surface area contributed by atoms with Gasteiger partial charge in [-0.25, -0.2) is 0 Å². The van der Waals surface area contributed by atoms with Gasteiger partial charge < -0.3 is 14.6 Å². The van der Waals surface area contributed by atoms with Crippen molar-refractivity contribution in [2.24, 2.45) is 5.92 Å². The SMILES string of the molecule is CC(C)(C#N)c1ccc(NCC#Cc2cc3cc(C(=O)CC4CCOCC4)ccc3n2CC(F)(F)F)cn1. The van der Waals surface area contributed by atoms with Crippen molar-refractivity contribution in [2.75, 3.05) is 25.1 Å². The van der Waals surface area contributed by atoms with Crippen molar-refractivity contribution in [3.05, 3.63) is 59.5 Å². The van der Waals surface area contributed by atoms with E-state index in [1.165, 1.54) is 0 Å². The number of nitriles is 1. The number of ether oxygens (including phenoxy) is 1. The number of hydrogen-bond acceptors (Lipinski definition) is 5. The van der Waals surface area contributed by atoms with Crippen molar-refractivity contribution in [3.8, 4) is 17.9 Å². The third-order valence-electron chi connectivity index (χ3n) is 6.66. The summed E-state index contributed by atoms with van der Waals surface area (Å²) in [6, 6.07) is 12.1. The van der Waals surface area contributed by atoms with Gasteiger partial charge in [0, 0.05) is 36.1 Å². The van der Waals surface area contributed by atoms with Gasteiger partial charge in [-0.1, -0.05) is 5.92 Å². The largest absolute Gasteiger partial charge is 0.406 e. The maximum atomic E-state index is 13.4. The predicted octanol–water partition coefficient (Wildman–Crippen LogP) is 5.86. The molecule has 0 unspecified atom stereocenters. The van der Waals surface area contributed by atoms with Crippen LogP contribution in [0.15, 0.2) is 42.6 Å². The van der Waals surface area contributed by atoms with E-state index in [1.54, 1.807) is 56.4 Å². The highest BCUT2D eigenvalue weighted by molar-refractivity contribution is 6.00. The Morgan fingerprint density at radius 1 is 1.18 bits per heavy atom. The minimum Gasteiger partial charge on any atom is -0.381 e. The number of aromatic nitrogens is 2. The first-order valence-electron chi connectivity index (χ1n) is 12.5. The average Bonchev–Trinajstić information content (AvgIpc) is 3.22. The molecule has 0 aliphatic carbocycles. The fraction of sp³-hybridized carbons (Fsp3) is 0.414. The molecule has 1 N–H and O–H groups in total. The average molecular weight is 523 g/mol. The van der Waals surface area contributed by atoms with Gasteiger partial charge >= 0.3 is 6.18 Å². The van der Waals surface area contributed by atoms with Crippen LogP contribution >= 0.6 is 0 Å². The molecule has 2 aromatic heterocycles. The van der Waals surface area contributed by atoms with E-state index in [9.17, 15) is 23.2 Å². The minimum atomic E-state index is -4.43. The van der Waals surface area contributed by atoms with Gasteiger partial charge in [-0.3, -0.25) is 9.78 Å². The van der Waals surface area contributed by atoms with Gasteiger partial charge in [0.2, 0.25) is 0 Å². The first kappa shape index (κ1) is 27.2. The number of carbonyl (C=O) groups is 1. The van der Waals surface area contributed by atoms with Crippen molar-refractivity contribution in [2.45, 2.75) is 51.2 Å². The van der Waals surface area contributed by atoms with Gasteiger partial charge in [-0.15, -0.1) is 0 Å². The van der Waals surface area contributed by atoms with Crippen LogP contribution in [0.4, 0.5) is 18.9 Å². The lowest BCUT2D eigenvalue weighted by molar-refractivity contribution is -0.140. The number of carbonyl (C=O) groups excluding carboxylic acids is 1. The molecule has 38 heavy (non-hydrogen) atoms. The molecule has 9 heteroatoms. The lowest BCUT2D eigenvalue weighted by Crippen LogP contribution is -2.19. The summed E-state index contributed by atoms with van der Waals surface area (Å²) in [5, 5.41) is 12.9. The Labute approximate surface area is 219 Å². The highest BCUT2D eigenvalue weighted by atomic mass is 19.4. The lowest BCUT2D eigenvalue weighted by atomic mass is 9.91. The van der Waals surface area contributed by atoms with Crippen LogP contribution in [-0.2, 0) is 16.7 Å². The number of pyridine rings is 1. The molecule has 0 spiro atoms. The van der Waals surface area contributed by atoms with Gasteiger partial charge in [0.25, 0.3) is 0 Å². The van der Waals surface area contributed by atoms with Crippen molar-refractivity contribution in [3.63, 3.8) is 0 Å². The second-order valence-corrected chi connectivity index (χ2v) is 10.0. The second kappa shape index (κ2) is 11.3. The lowest BCUT2D eigenvalue weighted by Gasteiger charge is -2.21. The normalized spacial score (nSPS) is 14.5. The van der Waals surface area contributed by atoms with E-state index in [0.29, 0.717) is 47.5 Å². The molecular weight excluding hydrogens is 493 g/mol. The van der Waals surface area contributed by atoms with Crippen molar-refractivity contribution in [1.29, 1.82) is 5.26 Å². The smallest absolute Gasteiger partial charge is 0.381 e. The summed E-state index contributed by atoms with van der Waals surface area (Å²) in [5.74, 6) is 5.97. The molecule has 6 nitrogen and oxygen atoms in total. The summed E-state index contributed by atoms with van der Waals surface area (Å²) in [4.78, 5) is 17.1. The summed E-state index contributed by atoms with van der Waals surface area (Å²) >= 11 is 0. The highest BCUT2D eigenvalue weighted by Gasteiger charge is 2.30. The standard InChI is InChI=1S/C29H29F3N4O2/c1-28(2,18-33)27-8-6-23(17-35-27)34-11-3-4-24-16-22-15-21(26(37)14-20-9-12-38-13-10-20)5-7-25(22)36(24)19-29(30,31)32/h5-8,15-17,20,34H,9-14,19H2,1-2H3. The quantitative estimate of drug-likeness (QED) is 0.311. The van der Waals surface area contributed by atoms with E-state index in [4.69, 9.17) is 4.74 Å². The Hall–Kier alpha value is -3.82. The molecule has 0 saturated carbocycles. The molecule has 0 atom stereocenters. The van der Waals surface area contributed by atoms with Crippen molar-refractivity contribution >= 4 is 22.4 Å². The number of alkyl halides is 3. The minimum absolute atomic E-state index is 0.0167. The molecule has 1 fully saturated rings. The number of hydrogen-bond donors (Lipinski definition) is 1. The second-order valence-electron chi connectivity index (χ2n) is 10.0. The zero-order valence-electron chi connectivity index (χ0n) is 21.4. The molecule has 198 valence electrons. The summed E-state index contributed by atoms with van der Waals surface area (Å²) in [6.07, 6.45) is -0.762. The van der Waals surface area contributed by atoms with Crippen molar-refractivity contribution in [1.82, 2.24) is 9.55 Å². The van der Waals surface area contributed by atoms with E-state index in [1.807, 2.05) is 0 Å². The van der Waals surface area contributed by atoms with Gasteiger partial charge in [-0.2, -0.15) is 18.4 Å². The Kier molecular flexibility index (Phi) is 8.08. The molecule has 1 aromatic carbocycles. The first-order chi connectivity index (χ1) is 18.1. The van der Waals surface area contributed by atoms with Crippen LogP contribution in [0, 0.1) is 29.1 Å². The zero-order valence-corrected chi connectivity index (χ0v) is 21.4. The van der Waals surface area contributed by atoms with E-state index < -0.39 is 18.1 Å². The van der Waals surface area contributed by atoms with Crippen molar-refractivity contribution < 1.29 is 22.7 Å². The molecule has 3 aromatic rings. The molecule has 4 rings (SSSR count). The fourth-order valence-electron chi connectivity index (χ4n) is 4.43. The maximum Gasteiger partial charge on any atom is 0.406 e. The van der Waals surface area contributed by atoms with Crippen LogP contribution in [0.1, 0.15) is 54.9 Å². The molecular formula is C29H29F3N4O2. The number of nitrogens with zero attached hydrogens (tertiary/aromatic N) is 3. The molecule has 1 aliphatic heterocycles. The molecule has 0 radical (unpaired) electrons. The number of anilines is 1. The van der Waals surface area contributed by atoms with Crippen LogP contribution in [0.3, 0.4) is 0 Å². The van der Waals surface area contributed by atoms with E-state index in [-0.39, 0.29) is 23.9 Å². The van der Waals surface area contributed by atoms with E-state index in [0.717, 1.165) is 17.4 Å². The molecule has 0 bridgehead atoms. The fourth-order valence-corrected chi connectivity index (χ4v) is 4.43. The van der Waals surface area contributed by atoms with Gasteiger partial charge in [0.15, 0.2) is 5.78 Å². The summed E-state index contributed by atoms with van der Waals surface area (Å²) in [5.41, 5.74) is 1.70. The number of nitrogens with one attached hydrogen (secondary N) is 1. The number of Topliss-reactive ketones (excluding diaryl/α,β-unsaturated/α-hetero) is 1. The van der Waals surface area contributed by atoms with Gasteiger partial charge in [-0.05, 0) is 74.9 Å². The summed E-state index contributed by atoms with van der Waals surface area (Å²) < 4.78 is 46.6. The van der Waals surface area contributed by atoms with Crippen LogP contribution in [0.2, 0.25) is 0 Å². The number of fused-ring (bicyclic) bond motifs is 1. The molecule has 3 heterocycles. The summed E-state index contributed by atoms with van der Waals surface area (Å²) in [6.45, 7) is 3.86. The molecule has 1 aliphatic rings. The maximum absolute atomic E-state index is 13.4. The molecule has 1 saturated heterocycles. The van der Waals surface area contributed by atoms with E-state index in [2.05, 4.69) is 28.2 Å². The van der Waals surface area contributed by atoms with Crippen LogP contribution in [-0.4, -0.2) is 41.3 Å². The number of halogens is 3. The van der Waals surface area contributed by atoms with E-state index >= 15 is 0 Å². The summed E-state index contributed by atoms with van der Waals surface area (Å²) in [7, 11) is 0.